The van der Waals surface area contributed by atoms with Gasteiger partial charge in [-0.05, 0) is 43.5 Å². The molecule has 0 heterocycles. The number of carbonyl (C=O) groups excluding carboxylic acids is 1. The Morgan fingerprint density at radius 2 is 2.10 bits per heavy atom. The summed E-state index contributed by atoms with van der Waals surface area (Å²) in [4.78, 5) is 15.9. The van der Waals surface area contributed by atoms with Crippen LogP contribution in [0.15, 0.2) is 18.2 Å². The van der Waals surface area contributed by atoms with Crippen molar-refractivity contribution in [3.63, 3.8) is 0 Å². The zero-order valence-electron chi connectivity index (χ0n) is 11.6. The number of hydrogen-bond acceptors (Lipinski definition) is 2. The van der Waals surface area contributed by atoms with Crippen LogP contribution in [0.2, 0.25) is 0 Å². The van der Waals surface area contributed by atoms with Gasteiger partial charge in [-0.25, -0.2) is 11.4 Å². The molecule has 0 bridgehead atoms. The quantitative estimate of drug-likeness (QED) is 0.462. The first-order valence-electron chi connectivity index (χ1n) is 6.91. The number of alkyl halides is 1. The van der Waals surface area contributed by atoms with E-state index in [4.69, 9.17) is 11.3 Å². The average molecular weight is 336 g/mol. The van der Waals surface area contributed by atoms with Gasteiger partial charge in [-0.3, -0.25) is 0 Å². The van der Waals surface area contributed by atoms with Crippen LogP contribution >= 0.6 is 15.9 Å². The van der Waals surface area contributed by atoms with Crippen LogP contribution in [0, 0.1) is 6.57 Å². The highest BCUT2D eigenvalue weighted by Crippen LogP contribution is 2.43. The molecule has 0 atom stereocenters. The second-order valence-corrected chi connectivity index (χ2v) is 5.68. The minimum Gasteiger partial charge on any atom is -0.462 e. The molecule has 2 rings (SSSR count). The lowest BCUT2D eigenvalue weighted by Crippen LogP contribution is -2.18. The van der Waals surface area contributed by atoms with Crippen LogP contribution < -0.4 is 0 Å². The molecule has 1 fully saturated rings. The molecule has 0 amide bonds. The molecule has 0 spiro atoms. The maximum Gasteiger partial charge on any atom is 0.338 e. The molecule has 3 nitrogen and oxygen atoms in total. The lowest BCUT2D eigenvalue weighted by Gasteiger charge is -2.18. The summed E-state index contributed by atoms with van der Waals surface area (Å²) in [6.45, 7) is 9.73. The average Bonchev–Trinajstić information content (AvgIpc) is 2.97. The van der Waals surface area contributed by atoms with E-state index < -0.39 is 5.54 Å². The first-order valence-corrected chi connectivity index (χ1v) is 8.03. The molecular formula is C16H18BrNO2. The number of esters is 1. The molecule has 4 heteroatoms. The number of rotatable bonds is 4. The molecule has 1 aliphatic rings. The second kappa shape index (κ2) is 6.41. The Morgan fingerprint density at radius 1 is 1.40 bits per heavy atom. The smallest absolute Gasteiger partial charge is 0.338 e. The Bertz CT molecular complexity index is 542. The monoisotopic (exact) mass is 335 g/mol. The molecule has 0 N–H and O–H groups in total. The fraction of sp³-hybridized carbons (Fsp3) is 0.500. The highest BCUT2D eigenvalue weighted by atomic mass is 79.9. The van der Waals surface area contributed by atoms with Crippen LogP contribution in [0.5, 0.6) is 0 Å². The third-order valence-corrected chi connectivity index (χ3v) is 4.49. The van der Waals surface area contributed by atoms with Crippen molar-refractivity contribution in [2.75, 3.05) is 6.61 Å². The van der Waals surface area contributed by atoms with Crippen molar-refractivity contribution >= 4 is 21.9 Å². The molecule has 0 unspecified atom stereocenters. The third-order valence-electron chi connectivity index (χ3n) is 3.84. The van der Waals surface area contributed by atoms with E-state index in [2.05, 4.69) is 20.8 Å². The Balaban J connectivity index is 2.45. The van der Waals surface area contributed by atoms with Crippen LogP contribution in [0.1, 0.15) is 54.1 Å². The minimum atomic E-state index is -0.445. The number of hydrogen-bond donors (Lipinski definition) is 0. The fourth-order valence-electron chi connectivity index (χ4n) is 2.80. The predicted octanol–water partition coefficient (Wildman–Crippen LogP) is 4.45. The van der Waals surface area contributed by atoms with Crippen LogP contribution in [-0.4, -0.2) is 12.6 Å². The molecule has 1 aliphatic carbocycles. The van der Waals surface area contributed by atoms with E-state index >= 15 is 0 Å². The maximum atomic E-state index is 12.0. The topological polar surface area (TPSA) is 30.7 Å². The number of nitrogens with zero attached hydrogens (tertiary/aromatic N) is 1. The zero-order valence-corrected chi connectivity index (χ0v) is 13.2. The molecule has 0 saturated heterocycles. The van der Waals surface area contributed by atoms with Gasteiger partial charge in [-0.1, -0.05) is 15.9 Å². The summed E-state index contributed by atoms with van der Waals surface area (Å²) in [7, 11) is 0. The third kappa shape index (κ3) is 2.88. The molecular weight excluding hydrogens is 318 g/mol. The highest BCUT2D eigenvalue weighted by Gasteiger charge is 2.42. The first-order chi connectivity index (χ1) is 9.65. The van der Waals surface area contributed by atoms with Crippen LogP contribution in [-0.2, 0) is 15.6 Å². The molecule has 1 aromatic rings. The van der Waals surface area contributed by atoms with Crippen molar-refractivity contribution in [1.29, 1.82) is 0 Å². The van der Waals surface area contributed by atoms with E-state index in [0.717, 1.165) is 36.8 Å². The number of benzene rings is 1. The van der Waals surface area contributed by atoms with Crippen molar-refractivity contribution in [2.24, 2.45) is 0 Å². The van der Waals surface area contributed by atoms with Crippen LogP contribution in [0.4, 0.5) is 0 Å². The minimum absolute atomic E-state index is 0.310. The summed E-state index contributed by atoms with van der Waals surface area (Å²) in [5.41, 5.74) is 2.08. The summed E-state index contributed by atoms with van der Waals surface area (Å²) < 4.78 is 5.08. The van der Waals surface area contributed by atoms with Gasteiger partial charge in [0, 0.05) is 23.7 Å². The van der Waals surface area contributed by atoms with Crippen molar-refractivity contribution in [2.45, 2.75) is 43.5 Å². The zero-order chi connectivity index (χ0) is 14.6. The normalized spacial score (nSPS) is 16.6. The van der Waals surface area contributed by atoms with Gasteiger partial charge in [0.2, 0.25) is 0 Å². The van der Waals surface area contributed by atoms with E-state index in [1.165, 1.54) is 0 Å². The lowest BCUT2D eigenvalue weighted by atomic mass is 9.87. The van der Waals surface area contributed by atoms with Gasteiger partial charge in [0.05, 0.1) is 12.2 Å². The van der Waals surface area contributed by atoms with E-state index in [1.807, 2.05) is 18.2 Å². The van der Waals surface area contributed by atoms with Crippen molar-refractivity contribution in [3.8, 4) is 0 Å². The lowest BCUT2D eigenvalue weighted by molar-refractivity contribution is 0.0526. The predicted molar refractivity (Wildman–Crippen MR) is 81.8 cm³/mol. The highest BCUT2D eigenvalue weighted by molar-refractivity contribution is 9.08. The van der Waals surface area contributed by atoms with Crippen LogP contribution in [0.3, 0.4) is 0 Å². The molecule has 1 saturated carbocycles. The number of carbonyl (C=O) groups is 1. The van der Waals surface area contributed by atoms with Gasteiger partial charge in [0.1, 0.15) is 0 Å². The van der Waals surface area contributed by atoms with E-state index in [1.54, 1.807) is 6.92 Å². The largest absolute Gasteiger partial charge is 0.462 e. The molecule has 0 aliphatic heterocycles. The van der Waals surface area contributed by atoms with Crippen molar-refractivity contribution in [1.82, 2.24) is 0 Å². The molecule has 0 aromatic heterocycles. The van der Waals surface area contributed by atoms with Gasteiger partial charge < -0.3 is 9.58 Å². The van der Waals surface area contributed by atoms with E-state index in [-0.39, 0.29) is 5.97 Å². The van der Waals surface area contributed by atoms with Crippen molar-refractivity contribution in [3.05, 3.63) is 46.3 Å². The first kappa shape index (κ1) is 15.1. The van der Waals surface area contributed by atoms with Gasteiger partial charge in [-0.2, -0.15) is 0 Å². The van der Waals surface area contributed by atoms with Gasteiger partial charge in [-0.15, -0.1) is 0 Å². The van der Waals surface area contributed by atoms with Gasteiger partial charge in [0.15, 0.2) is 0 Å². The SMILES string of the molecule is [C-]#[N+]C1(c2cc(CBr)cc(C(=O)OCC)c2)CCCC1. The van der Waals surface area contributed by atoms with Gasteiger partial charge in [0.25, 0.3) is 5.54 Å². The van der Waals surface area contributed by atoms with Gasteiger partial charge >= 0.3 is 5.97 Å². The molecule has 20 heavy (non-hydrogen) atoms. The summed E-state index contributed by atoms with van der Waals surface area (Å²) in [6, 6.07) is 5.72. The molecule has 1 aromatic carbocycles. The Hall–Kier alpha value is -1.34. The standard InChI is InChI=1S/C16H18BrNO2/c1-3-20-15(19)13-8-12(11-17)9-14(10-13)16(18-2)6-4-5-7-16/h8-10H,3-7,11H2,1H3. The summed E-state index contributed by atoms with van der Waals surface area (Å²) >= 11 is 3.43. The second-order valence-electron chi connectivity index (χ2n) is 5.12. The number of halogens is 1. The van der Waals surface area contributed by atoms with E-state index in [9.17, 15) is 4.79 Å². The summed E-state index contributed by atoms with van der Waals surface area (Å²) in [5, 5.41) is 0.668. The Labute approximate surface area is 128 Å². The Morgan fingerprint density at radius 3 is 2.65 bits per heavy atom. The summed E-state index contributed by atoms with van der Waals surface area (Å²) in [6.07, 6.45) is 3.92. The Kier molecular flexibility index (Phi) is 4.82. The molecule has 106 valence electrons. The van der Waals surface area contributed by atoms with Crippen molar-refractivity contribution < 1.29 is 9.53 Å². The molecule has 0 radical (unpaired) electrons. The maximum absolute atomic E-state index is 12.0. The number of ether oxygens (including phenoxy) is 1. The fourth-order valence-corrected chi connectivity index (χ4v) is 3.12. The summed E-state index contributed by atoms with van der Waals surface area (Å²) in [5.74, 6) is -0.310. The van der Waals surface area contributed by atoms with E-state index in [0.29, 0.717) is 17.5 Å². The van der Waals surface area contributed by atoms with Crippen LogP contribution in [0.25, 0.3) is 4.85 Å².